The third kappa shape index (κ3) is 3.57. The van der Waals surface area contributed by atoms with E-state index in [9.17, 15) is 4.79 Å². The van der Waals surface area contributed by atoms with Crippen LogP contribution in [0.15, 0.2) is 24.3 Å². The number of ether oxygens (including phenoxy) is 1. The SMILES string of the molecule is Cc1nc(-c2ccc(Cl)cc2)sc1C(=O)N1CC(C)OC(C)C1. The third-order valence-corrected chi connectivity index (χ3v) is 5.24. The number of rotatable bonds is 2. The van der Waals surface area contributed by atoms with Crippen LogP contribution in [0.25, 0.3) is 10.6 Å². The van der Waals surface area contributed by atoms with Crippen LogP contribution in [-0.2, 0) is 4.74 Å². The van der Waals surface area contributed by atoms with E-state index in [0.29, 0.717) is 23.0 Å². The highest BCUT2D eigenvalue weighted by Crippen LogP contribution is 2.30. The average Bonchev–Trinajstić information content (AvgIpc) is 2.88. The lowest BCUT2D eigenvalue weighted by Crippen LogP contribution is -2.48. The van der Waals surface area contributed by atoms with Crippen molar-refractivity contribution in [2.45, 2.75) is 33.0 Å². The number of carbonyl (C=O) groups excluding carboxylic acids is 1. The fraction of sp³-hybridized carbons (Fsp3) is 0.412. The van der Waals surface area contributed by atoms with Gasteiger partial charge in [-0.2, -0.15) is 0 Å². The standard InChI is InChI=1S/C17H19ClN2O2S/c1-10-8-20(9-11(2)22-10)17(21)15-12(3)19-16(23-15)13-4-6-14(18)7-5-13/h4-7,10-11H,8-9H2,1-3H3. The Labute approximate surface area is 145 Å². The van der Waals surface area contributed by atoms with Crippen LogP contribution < -0.4 is 0 Å². The zero-order valence-electron chi connectivity index (χ0n) is 13.4. The average molecular weight is 351 g/mol. The molecule has 1 aliphatic heterocycles. The Kier molecular flexibility index (Phi) is 4.71. The Morgan fingerprint density at radius 1 is 1.26 bits per heavy atom. The zero-order valence-corrected chi connectivity index (χ0v) is 14.9. The molecule has 0 radical (unpaired) electrons. The Morgan fingerprint density at radius 2 is 1.87 bits per heavy atom. The molecular formula is C17H19ClN2O2S. The van der Waals surface area contributed by atoms with E-state index in [1.807, 2.05) is 49.9 Å². The first-order chi connectivity index (χ1) is 10.9. The molecule has 23 heavy (non-hydrogen) atoms. The molecule has 6 heteroatoms. The highest BCUT2D eigenvalue weighted by molar-refractivity contribution is 7.17. The number of aromatic nitrogens is 1. The Morgan fingerprint density at radius 3 is 2.48 bits per heavy atom. The molecule has 0 aliphatic carbocycles. The van der Waals surface area contributed by atoms with Crippen molar-refractivity contribution in [1.82, 2.24) is 9.88 Å². The minimum Gasteiger partial charge on any atom is -0.372 e. The lowest BCUT2D eigenvalue weighted by Gasteiger charge is -2.35. The van der Waals surface area contributed by atoms with Crippen molar-refractivity contribution in [1.29, 1.82) is 0 Å². The molecule has 0 N–H and O–H groups in total. The molecule has 2 unspecified atom stereocenters. The molecule has 4 nitrogen and oxygen atoms in total. The molecule has 0 saturated carbocycles. The summed E-state index contributed by atoms with van der Waals surface area (Å²) in [4.78, 5) is 20.0. The van der Waals surface area contributed by atoms with Crippen LogP contribution in [0.1, 0.15) is 29.2 Å². The summed E-state index contributed by atoms with van der Waals surface area (Å²) in [6.07, 6.45) is 0.123. The number of nitrogens with zero attached hydrogens (tertiary/aromatic N) is 2. The summed E-state index contributed by atoms with van der Waals surface area (Å²) in [7, 11) is 0. The maximum absolute atomic E-state index is 12.8. The summed E-state index contributed by atoms with van der Waals surface area (Å²) in [6, 6.07) is 7.52. The molecule has 0 bridgehead atoms. The molecule has 2 aromatic rings. The highest BCUT2D eigenvalue weighted by Gasteiger charge is 2.29. The summed E-state index contributed by atoms with van der Waals surface area (Å²) < 4.78 is 5.70. The predicted molar refractivity (Wildman–Crippen MR) is 93.2 cm³/mol. The van der Waals surface area contributed by atoms with E-state index in [-0.39, 0.29) is 18.1 Å². The molecule has 1 amide bonds. The first-order valence-corrected chi connectivity index (χ1v) is 8.81. The molecule has 0 spiro atoms. The van der Waals surface area contributed by atoms with Crippen LogP contribution in [0.4, 0.5) is 0 Å². The molecule has 1 fully saturated rings. The van der Waals surface area contributed by atoms with Crippen LogP contribution in [0.3, 0.4) is 0 Å². The summed E-state index contributed by atoms with van der Waals surface area (Å²) in [5.74, 6) is 0.0437. The number of hydrogen-bond acceptors (Lipinski definition) is 4. The van der Waals surface area contributed by atoms with Crippen LogP contribution in [-0.4, -0.2) is 41.1 Å². The van der Waals surface area contributed by atoms with Gasteiger partial charge in [-0.3, -0.25) is 4.79 Å². The minimum absolute atomic E-state index is 0.0437. The monoisotopic (exact) mass is 350 g/mol. The van der Waals surface area contributed by atoms with Crippen molar-refractivity contribution in [2.24, 2.45) is 0 Å². The van der Waals surface area contributed by atoms with Crippen molar-refractivity contribution >= 4 is 28.8 Å². The third-order valence-electron chi connectivity index (χ3n) is 3.79. The number of benzene rings is 1. The predicted octanol–water partition coefficient (Wildman–Crippen LogP) is 4.02. The van der Waals surface area contributed by atoms with Gasteiger partial charge in [0.25, 0.3) is 5.91 Å². The number of amides is 1. The molecule has 2 atom stereocenters. The van der Waals surface area contributed by atoms with Gasteiger partial charge >= 0.3 is 0 Å². The fourth-order valence-electron chi connectivity index (χ4n) is 2.80. The Hall–Kier alpha value is -1.43. The van der Waals surface area contributed by atoms with E-state index in [1.165, 1.54) is 11.3 Å². The van der Waals surface area contributed by atoms with E-state index < -0.39 is 0 Å². The molecule has 122 valence electrons. The van der Waals surface area contributed by atoms with E-state index in [2.05, 4.69) is 4.98 Å². The van der Waals surface area contributed by atoms with Gasteiger partial charge in [-0.1, -0.05) is 23.7 Å². The quantitative estimate of drug-likeness (QED) is 0.821. The number of aryl methyl sites for hydroxylation is 1. The van der Waals surface area contributed by atoms with E-state index >= 15 is 0 Å². The number of thiazole rings is 1. The van der Waals surface area contributed by atoms with Gasteiger partial charge < -0.3 is 9.64 Å². The lowest BCUT2D eigenvalue weighted by molar-refractivity contribution is -0.0585. The van der Waals surface area contributed by atoms with Crippen LogP contribution in [0.2, 0.25) is 5.02 Å². The van der Waals surface area contributed by atoms with Crippen LogP contribution in [0, 0.1) is 6.92 Å². The molecule has 1 aromatic carbocycles. The molecule has 2 heterocycles. The van der Waals surface area contributed by atoms with Crippen molar-refractivity contribution in [2.75, 3.05) is 13.1 Å². The first kappa shape index (κ1) is 16.4. The minimum atomic E-state index is 0.0437. The van der Waals surface area contributed by atoms with E-state index in [0.717, 1.165) is 16.3 Å². The van der Waals surface area contributed by atoms with Gasteiger partial charge in [0.05, 0.1) is 17.9 Å². The zero-order chi connectivity index (χ0) is 16.6. The second kappa shape index (κ2) is 6.59. The summed E-state index contributed by atoms with van der Waals surface area (Å²) in [5.41, 5.74) is 1.75. The topological polar surface area (TPSA) is 42.4 Å². The smallest absolute Gasteiger partial charge is 0.266 e. The summed E-state index contributed by atoms with van der Waals surface area (Å²) in [5, 5.41) is 1.53. The Bertz CT molecular complexity index is 704. The van der Waals surface area contributed by atoms with Gasteiger partial charge in [0.2, 0.25) is 0 Å². The highest BCUT2D eigenvalue weighted by atomic mass is 35.5. The van der Waals surface area contributed by atoms with Gasteiger partial charge in [0.15, 0.2) is 0 Å². The van der Waals surface area contributed by atoms with Crippen LogP contribution in [0.5, 0.6) is 0 Å². The normalized spacial score (nSPS) is 21.5. The number of carbonyl (C=O) groups is 1. The molecule has 1 aromatic heterocycles. The van der Waals surface area contributed by atoms with Crippen molar-refractivity contribution < 1.29 is 9.53 Å². The first-order valence-electron chi connectivity index (χ1n) is 7.62. The van der Waals surface area contributed by atoms with Crippen LogP contribution >= 0.6 is 22.9 Å². The second-order valence-electron chi connectivity index (χ2n) is 5.91. The maximum Gasteiger partial charge on any atom is 0.266 e. The van der Waals surface area contributed by atoms with Gasteiger partial charge in [-0.05, 0) is 32.9 Å². The number of halogens is 1. The molecule has 1 aliphatic rings. The van der Waals surface area contributed by atoms with Gasteiger partial charge in [0.1, 0.15) is 9.88 Å². The van der Waals surface area contributed by atoms with Crippen molar-refractivity contribution in [3.8, 4) is 10.6 Å². The Balaban J connectivity index is 1.85. The second-order valence-corrected chi connectivity index (χ2v) is 7.34. The number of morpholine rings is 1. The van der Waals surface area contributed by atoms with Gasteiger partial charge in [0, 0.05) is 23.7 Å². The maximum atomic E-state index is 12.8. The molecular weight excluding hydrogens is 332 g/mol. The molecule has 3 rings (SSSR count). The van der Waals surface area contributed by atoms with Crippen molar-refractivity contribution in [3.05, 3.63) is 39.9 Å². The van der Waals surface area contributed by atoms with E-state index in [1.54, 1.807) is 0 Å². The summed E-state index contributed by atoms with van der Waals surface area (Å²) >= 11 is 7.36. The lowest BCUT2D eigenvalue weighted by atomic mass is 10.2. The molecule has 1 saturated heterocycles. The van der Waals surface area contributed by atoms with Crippen molar-refractivity contribution in [3.63, 3.8) is 0 Å². The van der Waals surface area contributed by atoms with E-state index in [4.69, 9.17) is 16.3 Å². The van der Waals surface area contributed by atoms with Gasteiger partial charge in [-0.25, -0.2) is 4.98 Å². The van der Waals surface area contributed by atoms with Gasteiger partial charge in [-0.15, -0.1) is 11.3 Å². The number of hydrogen-bond donors (Lipinski definition) is 0. The largest absolute Gasteiger partial charge is 0.372 e. The fourth-order valence-corrected chi connectivity index (χ4v) is 3.96. The summed E-state index contributed by atoms with van der Waals surface area (Å²) in [6.45, 7) is 7.12.